The first-order valence-corrected chi connectivity index (χ1v) is 14.1. The molecule has 1 heterocycles. The molecule has 196 valence electrons. The summed E-state index contributed by atoms with van der Waals surface area (Å²) in [5.74, 6) is 0.840. The van der Waals surface area contributed by atoms with E-state index in [0.717, 1.165) is 73.6 Å². The number of aromatic hydroxyl groups is 1. The zero-order valence-electron chi connectivity index (χ0n) is 21.5. The smallest absolute Gasteiger partial charge is 0.169 e. The van der Waals surface area contributed by atoms with E-state index in [1.807, 2.05) is 30.3 Å². The van der Waals surface area contributed by atoms with E-state index in [1.54, 1.807) is 6.20 Å². The van der Waals surface area contributed by atoms with Crippen LogP contribution >= 0.6 is 23.2 Å². The molecular weight excluding hydrogens is 505 g/mol. The average molecular weight is 541 g/mol. The molecule has 0 aliphatic heterocycles. The van der Waals surface area contributed by atoms with Crippen molar-refractivity contribution in [3.63, 3.8) is 0 Å². The van der Waals surface area contributed by atoms with Gasteiger partial charge in [-0.2, -0.15) is 0 Å². The van der Waals surface area contributed by atoms with Crippen molar-refractivity contribution < 1.29 is 9.90 Å². The Labute approximate surface area is 229 Å². The number of phenolic OH excluding ortho intramolecular Hbond substituents is 1. The number of aromatic nitrogens is 1. The van der Waals surface area contributed by atoms with Crippen molar-refractivity contribution in [2.24, 2.45) is 11.8 Å². The second-order valence-electron chi connectivity index (χ2n) is 11.0. The highest BCUT2D eigenvalue weighted by atomic mass is 35.5. The van der Waals surface area contributed by atoms with E-state index < -0.39 is 0 Å². The van der Waals surface area contributed by atoms with Gasteiger partial charge in [-0.15, -0.1) is 0 Å². The summed E-state index contributed by atoms with van der Waals surface area (Å²) in [7, 11) is 4.22. The van der Waals surface area contributed by atoms with Crippen molar-refractivity contribution in [1.29, 1.82) is 0 Å². The summed E-state index contributed by atoms with van der Waals surface area (Å²) < 4.78 is 0. The number of nitrogens with one attached hydrogen (secondary N) is 1. The van der Waals surface area contributed by atoms with Crippen LogP contribution in [0.25, 0.3) is 10.9 Å². The van der Waals surface area contributed by atoms with Crippen LogP contribution in [-0.2, 0) is 0 Å². The van der Waals surface area contributed by atoms with Crippen LogP contribution in [0, 0.1) is 11.8 Å². The van der Waals surface area contributed by atoms with E-state index in [9.17, 15) is 9.90 Å². The molecule has 7 heteroatoms. The number of rotatable bonds is 7. The number of nitrogens with zero attached hydrogens (tertiary/aromatic N) is 2. The van der Waals surface area contributed by atoms with E-state index in [1.165, 1.54) is 0 Å². The van der Waals surface area contributed by atoms with Crippen LogP contribution in [0.5, 0.6) is 5.75 Å². The predicted octanol–water partition coefficient (Wildman–Crippen LogP) is 7.55. The van der Waals surface area contributed by atoms with Gasteiger partial charge in [-0.25, -0.2) is 0 Å². The maximum atomic E-state index is 13.7. The van der Waals surface area contributed by atoms with E-state index >= 15 is 0 Å². The van der Waals surface area contributed by atoms with Gasteiger partial charge in [-0.05, 0) is 75.9 Å². The Morgan fingerprint density at radius 2 is 1.78 bits per heavy atom. The number of halogens is 2. The number of pyridine rings is 1. The average Bonchev–Trinajstić information content (AvgIpc) is 3.42. The zero-order valence-corrected chi connectivity index (χ0v) is 23.0. The van der Waals surface area contributed by atoms with Crippen LogP contribution in [0.1, 0.15) is 66.8 Å². The molecule has 1 aromatic heterocycles. The molecule has 0 saturated heterocycles. The van der Waals surface area contributed by atoms with Gasteiger partial charge in [-0.3, -0.25) is 9.78 Å². The van der Waals surface area contributed by atoms with Crippen molar-refractivity contribution in [2.45, 2.75) is 56.9 Å². The quantitative estimate of drug-likeness (QED) is 0.303. The molecule has 0 radical (unpaired) electrons. The highest BCUT2D eigenvalue weighted by molar-refractivity contribution is 6.37. The summed E-state index contributed by atoms with van der Waals surface area (Å²) in [5, 5.41) is 15.5. The molecule has 37 heavy (non-hydrogen) atoms. The van der Waals surface area contributed by atoms with Gasteiger partial charge < -0.3 is 15.3 Å². The number of para-hydroxylation sites is 1. The number of ketones is 1. The zero-order chi connectivity index (χ0) is 26.1. The van der Waals surface area contributed by atoms with Crippen molar-refractivity contribution in [3.05, 3.63) is 63.8 Å². The Morgan fingerprint density at radius 3 is 2.49 bits per heavy atom. The van der Waals surface area contributed by atoms with Gasteiger partial charge in [0.15, 0.2) is 11.5 Å². The molecule has 2 fully saturated rings. The van der Waals surface area contributed by atoms with Gasteiger partial charge in [0.05, 0.1) is 26.8 Å². The number of anilines is 1. The number of benzene rings is 2. The number of Topliss-reactive ketones (excluding diaryl/α,β-unsaturated/α-hetero) is 1. The standard InChI is InChI=1S/C30H35Cl2N3O2/c1-35(2)17-18-11-12-27(22(13-18)20-14-24(31)30(37)25(32)15-20)34-28-21-9-5-6-10-26(21)33-16-23(28)29(36)19-7-3-4-8-19/h5-6,9-10,14-16,18-19,22,27,37H,3-4,7-8,11-13,17H2,1-2H3,(H,33,34)/t18-,22?,27-/m1/s1. The molecule has 0 amide bonds. The maximum absolute atomic E-state index is 13.7. The number of hydrogen-bond donors (Lipinski definition) is 2. The lowest BCUT2D eigenvalue weighted by atomic mass is 9.74. The largest absolute Gasteiger partial charge is 0.505 e. The van der Waals surface area contributed by atoms with Crippen LogP contribution < -0.4 is 5.32 Å². The third-order valence-corrected chi connectivity index (χ3v) is 8.72. The summed E-state index contributed by atoms with van der Waals surface area (Å²) in [5.41, 5.74) is 3.47. The number of carbonyl (C=O) groups is 1. The van der Waals surface area contributed by atoms with Gasteiger partial charge in [0.25, 0.3) is 0 Å². The van der Waals surface area contributed by atoms with Crippen LogP contribution in [0.2, 0.25) is 10.0 Å². The van der Waals surface area contributed by atoms with E-state index in [-0.39, 0.29) is 39.5 Å². The number of hydrogen-bond acceptors (Lipinski definition) is 5. The lowest BCUT2D eigenvalue weighted by Crippen LogP contribution is -2.37. The summed E-state index contributed by atoms with van der Waals surface area (Å²) in [6.07, 6.45) is 8.89. The maximum Gasteiger partial charge on any atom is 0.169 e. The second-order valence-corrected chi connectivity index (χ2v) is 11.9. The molecule has 5 rings (SSSR count). The Hall–Kier alpha value is -2.34. The fraction of sp³-hybridized carbons (Fsp3) is 0.467. The fourth-order valence-electron chi connectivity index (χ4n) is 6.36. The van der Waals surface area contributed by atoms with Crippen molar-refractivity contribution in [2.75, 3.05) is 26.0 Å². The first-order chi connectivity index (χ1) is 17.8. The van der Waals surface area contributed by atoms with Crippen molar-refractivity contribution >= 4 is 45.6 Å². The van der Waals surface area contributed by atoms with Gasteiger partial charge in [0.2, 0.25) is 0 Å². The van der Waals surface area contributed by atoms with Crippen molar-refractivity contribution in [3.8, 4) is 5.75 Å². The lowest BCUT2D eigenvalue weighted by Gasteiger charge is -2.39. The summed E-state index contributed by atoms with van der Waals surface area (Å²) in [6, 6.07) is 11.8. The van der Waals surface area contributed by atoms with Gasteiger partial charge in [0, 0.05) is 36.0 Å². The van der Waals surface area contributed by atoms with Crippen LogP contribution in [0.15, 0.2) is 42.6 Å². The lowest BCUT2D eigenvalue weighted by molar-refractivity contribution is 0.0923. The molecule has 2 saturated carbocycles. The van der Waals surface area contributed by atoms with Crippen LogP contribution in [0.4, 0.5) is 5.69 Å². The molecule has 0 bridgehead atoms. The highest BCUT2D eigenvalue weighted by Gasteiger charge is 2.34. The molecule has 2 aromatic carbocycles. The molecular formula is C30H35Cl2N3O2. The van der Waals surface area contributed by atoms with Gasteiger partial charge in [-0.1, -0.05) is 54.2 Å². The third-order valence-electron chi connectivity index (χ3n) is 8.15. The first kappa shape index (κ1) is 26.3. The van der Waals surface area contributed by atoms with Crippen LogP contribution in [0.3, 0.4) is 0 Å². The topological polar surface area (TPSA) is 65.5 Å². The Kier molecular flexibility index (Phi) is 7.94. The molecule has 0 spiro atoms. The number of fused-ring (bicyclic) bond motifs is 1. The molecule has 2 N–H and O–H groups in total. The molecule has 2 aliphatic rings. The minimum Gasteiger partial charge on any atom is -0.505 e. The minimum atomic E-state index is -0.0817. The predicted molar refractivity (Wildman–Crippen MR) is 152 cm³/mol. The van der Waals surface area contributed by atoms with Crippen LogP contribution in [-0.4, -0.2) is 47.5 Å². The first-order valence-electron chi connectivity index (χ1n) is 13.3. The molecule has 2 aliphatic carbocycles. The monoisotopic (exact) mass is 539 g/mol. The minimum absolute atomic E-state index is 0.0739. The molecule has 3 atom stereocenters. The van der Waals surface area contributed by atoms with E-state index in [0.29, 0.717) is 11.5 Å². The summed E-state index contributed by atoms with van der Waals surface area (Å²) in [4.78, 5) is 20.5. The van der Waals surface area contributed by atoms with E-state index in [2.05, 4.69) is 35.4 Å². The Morgan fingerprint density at radius 1 is 1.08 bits per heavy atom. The SMILES string of the molecule is CN(C)C[C@@H]1CC[C@@H](Nc2c(C(=O)C3CCCC3)cnc3ccccc23)C(c2cc(Cl)c(O)c(Cl)c2)C1. The Balaban J connectivity index is 1.55. The Bertz CT molecular complexity index is 1270. The molecule has 1 unspecified atom stereocenters. The van der Waals surface area contributed by atoms with E-state index in [4.69, 9.17) is 23.2 Å². The summed E-state index contributed by atoms with van der Waals surface area (Å²) in [6.45, 7) is 1.01. The second kappa shape index (κ2) is 11.2. The van der Waals surface area contributed by atoms with Crippen molar-refractivity contribution in [1.82, 2.24) is 9.88 Å². The van der Waals surface area contributed by atoms with Gasteiger partial charge >= 0.3 is 0 Å². The fourth-order valence-corrected chi connectivity index (χ4v) is 6.86. The van der Waals surface area contributed by atoms with Gasteiger partial charge in [0.1, 0.15) is 0 Å². The normalized spacial score (nSPS) is 22.6. The molecule has 5 nitrogen and oxygen atoms in total. The highest BCUT2D eigenvalue weighted by Crippen LogP contribution is 2.44. The number of phenols is 1. The summed E-state index contributed by atoms with van der Waals surface area (Å²) >= 11 is 12.7. The number of carbonyl (C=O) groups excluding carboxylic acids is 1. The third kappa shape index (κ3) is 5.59. The molecule has 3 aromatic rings.